The van der Waals surface area contributed by atoms with Gasteiger partial charge in [-0.15, -0.1) is 10.2 Å². The van der Waals surface area contributed by atoms with Gasteiger partial charge in [-0.25, -0.2) is 9.07 Å². The SMILES string of the molecule is CN1CCC(NC(=O)c2ccc(-n3[nH]c4c(nnc5c(F)cccc54)c3=O)cc2)CC1. The molecular formula is C22H21FN6O2. The molecule has 31 heavy (non-hydrogen) atoms. The number of rotatable bonds is 3. The zero-order valence-corrected chi connectivity index (χ0v) is 16.9. The van der Waals surface area contributed by atoms with Crippen LogP contribution in [0.25, 0.3) is 27.6 Å². The van der Waals surface area contributed by atoms with Crippen molar-refractivity contribution in [2.24, 2.45) is 0 Å². The molecule has 0 unspecified atom stereocenters. The summed E-state index contributed by atoms with van der Waals surface area (Å²) in [5, 5.41) is 14.3. The van der Waals surface area contributed by atoms with Crippen molar-refractivity contribution in [2.75, 3.05) is 20.1 Å². The molecule has 0 spiro atoms. The summed E-state index contributed by atoms with van der Waals surface area (Å²) in [7, 11) is 2.08. The molecule has 8 nitrogen and oxygen atoms in total. The second-order valence-corrected chi connectivity index (χ2v) is 7.91. The monoisotopic (exact) mass is 420 g/mol. The minimum absolute atomic E-state index is 0.101. The largest absolute Gasteiger partial charge is 0.349 e. The summed E-state index contributed by atoms with van der Waals surface area (Å²) in [6.07, 6.45) is 1.86. The Hall–Kier alpha value is -3.59. The number of fused-ring (bicyclic) bond motifs is 3. The first-order valence-electron chi connectivity index (χ1n) is 10.2. The van der Waals surface area contributed by atoms with E-state index >= 15 is 0 Å². The van der Waals surface area contributed by atoms with E-state index in [0.29, 0.717) is 22.2 Å². The molecule has 1 fully saturated rings. The van der Waals surface area contributed by atoms with E-state index in [1.165, 1.54) is 10.7 Å². The summed E-state index contributed by atoms with van der Waals surface area (Å²) in [4.78, 5) is 27.6. The average molecular weight is 420 g/mol. The fourth-order valence-corrected chi connectivity index (χ4v) is 3.99. The summed E-state index contributed by atoms with van der Waals surface area (Å²) in [6.45, 7) is 1.93. The highest BCUT2D eigenvalue weighted by atomic mass is 19.1. The van der Waals surface area contributed by atoms with Crippen molar-refractivity contribution in [2.45, 2.75) is 18.9 Å². The summed E-state index contributed by atoms with van der Waals surface area (Å²) in [5.41, 5.74) is 1.32. The number of amides is 1. The third-order valence-electron chi connectivity index (χ3n) is 5.81. The molecule has 1 aliphatic rings. The Morgan fingerprint density at radius 2 is 1.81 bits per heavy atom. The van der Waals surface area contributed by atoms with Gasteiger partial charge in [0.05, 0.1) is 11.2 Å². The van der Waals surface area contributed by atoms with Crippen LogP contribution in [-0.2, 0) is 0 Å². The molecule has 0 radical (unpaired) electrons. The highest BCUT2D eigenvalue weighted by molar-refractivity contribution is 6.01. The van der Waals surface area contributed by atoms with Gasteiger partial charge >= 0.3 is 0 Å². The lowest BCUT2D eigenvalue weighted by Crippen LogP contribution is -2.43. The van der Waals surface area contributed by atoms with Crippen LogP contribution in [0.15, 0.2) is 47.3 Å². The minimum atomic E-state index is -0.500. The Bertz CT molecular complexity index is 1340. The van der Waals surface area contributed by atoms with Crippen LogP contribution in [0, 0.1) is 5.82 Å². The number of piperidine rings is 1. The summed E-state index contributed by atoms with van der Waals surface area (Å²) >= 11 is 0. The van der Waals surface area contributed by atoms with E-state index in [1.807, 2.05) is 0 Å². The molecule has 4 aromatic rings. The Labute approximate surface area is 176 Å². The van der Waals surface area contributed by atoms with Gasteiger partial charge in [0.15, 0.2) is 11.3 Å². The van der Waals surface area contributed by atoms with Gasteiger partial charge in [0.1, 0.15) is 5.52 Å². The van der Waals surface area contributed by atoms with Gasteiger partial charge in [0, 0.05) is 17.0 Å². The Balaban J connectivity index is 1.44. The van der Waals surface area contributed by atoms with Crippen molar-refractivity contribution in [3.05, 3.63) is 64.2 Å². The maximum atomic E-state index is 14.0. The first-order valence-corrected chi connectivity index (χ1v) is 10.2. The molecule has 1 amide bonds. The van der Waals surface area contributed by atoms with Crippen LogP contribution in [0.4, 0.5) is 4.39 Å². The van der Waals surface area contributed by atoms with Crippen molar-refractivity contribution >= 4 is 27.8 Å². The van der Waals surface area contributed by atoms with Crippen LogP contribution in [0.3, 0.4) is 0 Å². The molecule has 0 saturated carbocycles. The second kappa shape index (κ2) is 7.59. The van der Waals surface area contributed by atoms with Crippen LogP contribution in [0.2, 0.25) is 0 Å². The quantitative estimate of drug-likeness (QED) is 0.530. The lowest BCUT2D eigenvalue weighted by Gasteiger charge is -2.29. The number of halogens is 1. The van der Waals surface area contributed by atoms with E-state index in [2.05, 4.69) is 32.6 Å². The Kier molecular flexibility index (Phi) is 4.74. The van der Waals surface area contributed by atoms with Crippen LogP contribution >= 0.6 is 0 Å². The fourth-order valence-electron chi connectivity index (χ4n) is 3.99. The summed E-state index contributed by atoms with van der Waals surface area (Å²) in [5.74, 6) is -0.627. The van der Waals surface area contributed by atoms with Crippen molar-refractivity contribution in [1.82, 2.24) is 30.2 Å². The molecule has 1 aliphatic heterocycles. The lowest BCUT2D eigenvalue weighted by molar-refractivity contribution is 0.0917. The molecule has 2 aromatic carbocycles. The highest BCUT2D eigenvalue weighted by Crippen LogP contribution is 2.21. The molecule has 1 saturated heterocycles. The van der Waals surface area contributed by atoms with Gasteiger partial charge in [-0.2, -0.15) is 0 Å². The van der Waals surface area contributed by atoms with Crippen LogP contribution in [0.1, 0.15) is 23.2 Å². The molecule has 2 N–H and O–H groups in total. The van der Waals surface area contributed by atoms with E-state index in [0.717, 1.165) is 25.9 Å². The van der Waals surface area contributed by atoms with Gasteiger partial charge < -0.3 is 10.2 Å². The number of hydrogen-bond acceptors (Lipinski definition) is 5. The Morgan fingerprint density at radius 1 is 1.10 bits per heavy atom. The fraction of sp³-hybridized carbons (Fsp3) is 0.273. The molecule has 158 valence electrons. The molecule has 0 aliphatic carbocycles. The number of nitrogens with zero attached hydrogens (tertiary/aromatic N) is 4. The zero-order chi connectivity index (χ0) is 21.5. The Morgan fingerprint density at radius 3 is 2.55 bits per heavy atom. The standard InChI is InChI=1S/C22H21FN6O2/c1-28-11-9-14(10-12-28)24-21(30)13-5-7-15(8-6-13)29-22(31)20-19(27-29)16-3-2-4-17(23)18(16)25-26-20/h2-8,14,27H,9-12H2,1H3,(H,24,30). The van der Waals surface area contributed by atoms with E-state index < -0.39 is 11.4 Å². The van der Waals surface area contributed by atoms with Crippen molar-refractivity contribution in [3.63, 3.8) is 0 Å². The molecule has 5 rings (SSSR count). The summed E-state index contributed by atoms with van der Waals surface area (Å²) in [6, 6.07) is 11.5. The number of carbonyl (C=O) groups is 1. The number of nitrogens with one attached hydrogen (secondary N) is 2. The van der Waals surface area contributed by atoms with Gasteiger partial charge in [-0.1, -0.05) is 12.1 Å². The minimum Gasteiger partial charge on any atom is -0.349 e. The number of aromatic amines is 1. The van der Waals surface area contributed by atoms with Crippen LogP contribution in [-0.4, -0.2) is 57.0 Å². The smallest absolute Gasteiger partial charge is 0.299 e. The predicted molar refractivity (Wildman–Crippen MR) is 115 cm³/mol. The van der Waals surface area contributed by atoms with Gasteiger partial charge in [-0.3, -0.25) is 14.7 Å². The van der Waals surface area contributed by atoms with E-state index in [4.69, 9.17) is 0 Å². The third kappa shape index (κ3) is 3.46. The molecule has 0 atom stereocenters. The topological polar surface area (TPSA) is 95.9 Å². The second-order valence-electron chi connectivity index (χ2n) is 7.91. The molecule has 9 heteroatoms. The normalized spacial score (nSPS) is 15.5. The summed E-state index contributed by atoms with van der Waals surface area (Å²) < 4.78 is 15.3. The van der Waals surface area contributed by atoms with E-state index in [9.17, 15) is 14.0 Å². The van der Waals surface area contributed by atoms with Gasteiger partial charge in [0.2, 0.25) is 0 Å². The van der Waals surface area contributed by atoms with Gasteiger partial charge in [-0.05, 0) is 63.3 Å². The number of benzene rings is 2. The number of hydrogen-bond donors (Lipinski definition) is 2. The van der Waals surface area contributed by atoms with Crippen molar-refractivity contribution in [1.29, 1.82) is 0 Å². The number of H-pyrrole nitrogens is 1. The van der Waals surface area contributed by atoms with Gasteiger partial charge in [0.25, 0.3) is 11.5 Å². The van der Waals surface area contributed by atoms with Crippen molar-refractivity contribution < 1.29 is 9.18 Å². The van der Waals surface area contributed by atoms with Crippen LogP contribution < -0.4 is 10.9 Å². The van der Waals surface area contributed by atoms with Crippen molar-refractivity contribution in [3.8, 4) is 5.69 Å². The first kappa shape index (κ1) is 19.4. The first-order chi connectivity index (χ1) is 15.0. The number of carbonyl (C=O) groups excluding carboxylic acids is 1. The lowest BCUT2D eigenvalue weighted by atomic mass is 10.0. The number of aromatic nitrogens is 4. The third-order valence-corrected chi connectivity index (χ3v) is 5.81. The average Bonchev–Trinajstić information content (AvgIpc) is 3.13. The molecule has 3 heterocycles. The zero-order valence-electron chi connectivity index (χ0n) is 16.9. The molecule has 2 aromatic heterocycles. The van der Waals surface area contributed by atoms with Crippen LogP contribution in [0.5, 0.6) is 0 Å². The number of likely N-dealkylation sites (tertiary alicyclic amines) is 1. The van der Waals surface area contributed by atoms with E-state index in [-0.39, 0.29) is 23.0 Å². The predicted octanol–water partition coefficient (Wildman–Crippen LogP) is 2.23. The maximum absolute atomic E-state index is 14.0. The molecule has 0 bridgehead atoms. The highest BCUT2D eigenvalue weighted by Gasteiger charge is 2.19. The maximum Gasteiger partial charge on any atom is 0.299 e. The molecular weight excluding hydrogens is 399 g/mol. The van der Waals surface area contributed by atoms with E-state index in [1.54, 1.807) is 36.4 Å².